The first-order valence-corrected chi connectivity index (χ1v) is 6.22. The maximum absolute atomic E-state index is 12.7. The topological polar surface area (TPSA) is 74.4 Å². The lowest BCUT2D eigenvalue weighted by Gasteiger charge is -2.35. The highest BCUT2D eigenvalue weighted by molar-refractivity contribution is 5.02. The minimum absolute atomic E-state index is 0.143. The van der Waals surface area contributed by atoms with E-state index in [9.17, 15) is 23.4 Å². The maximum atomic E-state index is 12.7. The maximum Gasteiger partial charge on any atom is 0.451 e. The first kappa shape index (κ1) is 15.2. The number of nitrogens with zero attached hydrogens (tertiary/aromatic N) is 4. The van der Waals surface area contributed by atoms with E-state index in [0.29, 0.717) is 13.1 Å². The molecule has 0 amide bonds. The largest absolute Gasteiger partial charge is 0.451 e. The molecule has 6 nitrogen and oxygen atoms in total. The molecule has 0 atom stereocenters. The first-order valence-electron chi connectivity index (χ1n) is 6.22. The molecule has 9 heteroatoms. The number of aliphatic hydroxyl groups is 2. The van der Waals surface area contributed by atoms with E-state index < -0.39 is 17.4 Å². The molecule has 0 bridgehead atoms. The molecule has 2 N–H and O–H groups in total. The standard InChI is InChI=1S/C11H17F3N4O2/c1-10(6-19,7-20)5-17-2-3-18-8(4-17)15-16-9(18)11(12,13)14/h19-20H,2-7H2,1H3. The second kappa shape index (κ2) is 5.30. The summed E-state index contributed by atoms with van der Waals surface area (Å²) in [6.45, 7) is 2.47. The van der Waals surface area contributed by atoms with Crippen molar-refractivity contribution in [3.8, 4) is 0 Å². The fourth-order valence-corrected chi connectivity index (χ4v) is 2.24. The lowest BCUT2D eigenvalue weighted by Crippen LogP contribution is -2.44. The lowest BCUT2D eigenvalue weighted by atomic mass is 9.92. The van der Waals surface area contributed by atoms with Crippen LogP contribution in [0, 0.1) is 5.41 Å². The molecule has 1 aliphatic heterocycles. The second-order valence-corrected chi connectivity index (χ2v) is 5.43. The summed E-state index contributed by atoms with van der Waals surface area (Å²) in [6, 6.07) is 0. The summed E-state index contributed by atoms with van der Waals surface area (Å²) >= 11 is 0. The average Bonchev–Trinajstić information content (AvgIpc) is 2.81. The van der Waals surface area contributed by atoms with E-state index in [2.05, 4.69) is 10.2 Å². The average molecular weight is 294 g/mol. The van der Waals surface area contributed by atoms with E-state index in [-0.39, 0.29) is 32.1 Å². The van der Waals surface area contributed by atoms with Crippen LogP contribution in [-0.4, -0.2) is 56.2 Å². The third-order valence-corrected chi connectivity index (χ3v) is 3.45. The van der Waals surface area contributed by atoms with Gasteiger partial charge in [-0.2, -0.15) is 13.2 Å². The van der Waals surface area contributed by atoms with Gasteiger partial charge in [0.25, 0.3) is 0 Å². The van der Waals surface area contributed by atoms with Gasteiger partial charge in [0.05, 0.1) is 19.8 Å². The molecule has 0 spiro atoms. The normalized spacial score (nSPS) is 17.3. The third-order valence-electron chi connectivity index (χ3n) is 3.45. The highest BCUT2D eigenvalue weighted by Gasteiger charge is 2.40. The quantitative estimate of drug-likeness (QED) is 0.824. The van der Waals surface area contributed by atoms with E-state index in [0.717, 1.165) is 4.57 Å². The van der Waals surface area contributed by atoms with Crippen molar-refractivity contribution < 1.29 is 23.4 Å². The van der Waals surface area contributed by atoms with Gasteiger partial charge in [0.1, 0.15) is 5.82 Å². The molecule has 0 fully saturated rings. The molecule has 0 aromatic carbocycles. The molecule has 0 aliphatic carbocycles. The highest BCUT2D eigenvalue weighted by atomic mass is 19.4. The Morgan fingerprint density at radius 3 is 2.35 bits per heavy atom. The number of alkyl halides is 3. The van der Waals surface area contributed by atoms with Gasteiger partial charge in [-0.1, -0.05) is 6.92 Å². The van der Waals surface area contributed by atoms with Crippen molar-refractivity contribution in [2.45, 2.75) is 26.2 Å². The Bertz CT molecular complexity index is 471. The molecule has 0 saturated carbocycles. The fraction of sp³-hybridized carbons (Fsp3) is 0.818. The van der Waals surface area contributed by atoms with Crippen molar-refractivity contribution in [3.63, 3.8) is 0 Å². The summed E-state index contributed by atoms with van der Waals surface area (Å²) in [4.78, 5) is 1.86. The van der Waals surface area contributed by atoms with Crippen LogP contribution in [0.4, 0.5) is 13.2 Å². The van der Waals surface area contributed by atoms with Crippen LogP contribution in [0.1, 0.15) is 18.6 Å². The minimum atomic E-state index is -4.50. The zero-order chi connectivity index (χ0) is 15.0. The summed E-state index contributed by atoms with van der Waals surface area (Å²) in [6.07, 6.45) is -4.50. The Hall–Kier alpha value is -1.19. The Kier molecular flexibility index (Phi) is 4.03. The van der Waals surface area contributed by atoms with E-state index in [1.807, 2.05) is 4.90 Å². The Morgan fingerprint density at radius 2 is 1.80 bits per heavy atom. The molecule has 0 unspecified atom stereocenters. The monoisotopic (exact) mass is 294 g/mol. The van der Waals surface area contributed by atoms with Crippen molar-refractivity contribution in [2.75, 3.05) is 26.3 Å². The molecule has 114 valence electrons. The van der Waals surface area contributed by atoms with Gasteiger partial charge in [-0.05, 0) is 0 Å². The van der Waals surface area contributed by atoms with Gasteiger partial charge in [-0.25, -0.2) is 0 Å². The summed E-state index contributed by atoms with van der Waals surface area (Å²) < 4.78 is 39.1. The van der Waals surface area contributed by atoms with Crippen LogP contribution >= 0.6 is 0 Å². The molecule has 1 aromatic rings. The van der Waals surface area contributed by atoms with Crippen LogP contribution in [0.3, 0.4) is 0 Å². The molecule has 0 radical (unpaired) electrons. The smallest absolute Gasteiger partial charge is 0.396 e. The van der Waals surface area contributed by atoms with Crippen LogP contribution in [0.2, 0.25) is 0 Å². The van der Waals surface area contributed by atoms with Crippen LogP contribution < -0.4 is 0 Å². The first-order chi connectivity index (χ1) is 9.29. The summed E-state index contributed by atoms with van der Waals surface area (Å²) in [5, 5.41) is 25.3. The zero-order valence-electron chi connectivity index (χ0n) is 11.1. The summed E-state index contributed by atoms with van der Waals surface area (Å²) in [5.41, 5.74) is -0.685. The van der Waals surface area contributed by atoms with Crippen molar-refractivity contribution in [1.29, 1.82) is 0 Å². The molecule has 20 heavy (non-hydrogen) atoms. The SMILES string of the molecule is CC(CO)(CO)CN1CCn2c(nnc2C(F)(F)F)C1. The molecular formula is C11H17F3N4O2. The third kappa shape index (κ3) is 2.94. The summed E-state index contributed by atoms with van der Waals surface area (Å²) in [7, 11) is 0. The van der Waals surface area contributed by atoms with Crippen molar-refractivity contribution in [1.82, 2.24) is 19.7 Å². The number of rotatable bonds is 4. The molecule has 1 aliphatic rings. The van der Waals surface area contributed by atoms with Crippen LogP contribution in [-0.2, 0) is 19.3 Å². The highest BCUT2D eigenvalue weighted by Crippen LogP contribution is 2.30. The second-order valence-electron chi connectivity index (χ2n) is 5.43. The van der Waals surface area contributed by atoms with Crippen LogP contribution in [0.15, 0.2) is 0 Å². The minimum Gasteiger partial charge on any atom is -0.396 e. The van der Waals surface area contributed by atoms with Crippen molar-refractivity contribution in [2.24, 2.45) is 5.41 Å². The molecule has 2 rings (SSSR count). The van der Waals surface area contributed by atoms with Crippen LogP contribution in [0.5, 0.6) is 0 Å². The number of hydrogen-bond donors (Lipinski definition) is 2. The zero-order valence-corrected chi connectivity index (χ0v) is 11.1. The Morgan fingerprint density at radius 1 is 1.15 bits per heavy atom. The van der Waals surface area contributed by atoms with Gasteiger partial charge in [-0.15, -0.1) is 10.2 Å². The summed E-state index contributed by atoms with van der Waals surface area (Å²) in [5.74, 6) is -0.721. The van der Waals surface area contributed by atoms with E-state index >= 15 is 0 Å². The number of fused-ring (bicyclic) bond motifs is 1. The fourth-order valence-electron chi connectivity index (χ4n) is 2.24. The Labute approximate surface area is 113 Å². The van der Waals surface area contributed by atoms with Gasteiger partial charge >= 0.3 is 6.18 Å². The van der Waals surface area contributed by atoms with Gasteiger partial charge in [0, 0.05) is 25.0 Å². The predicted octanol–water partition coefficient (Wildman–Crippen LogP) is 0.103. The molecule has 1 aromatic heterocycles. The number of aliphatic hydroxyl groups excluding tert-OH is 2. The number of hydrogen-bond acceptors (Lipinski definition) is 5. The van der Waals surface area contributed by atoms with E-state index in [1.165, 1.54) is 0 Å². The molecule has 2 heterocycles. The van der Waals surface area contributed by atoms with Crippen LogP contribution in [0.25, 0.3) is 0 Å². The molecular weight excluding hydrogens is 277 g/mol. The van der Waals surface area contributed by atoms with E-state index in [1.54, 1.807) is 6.92 Å². The van der Waals surface area contributed by atoms with E-state index in [4.69, 9.17) is 0 Å². The van der Waals surface area contributed by atoms with Gasteiger partial charge in [-0.3, -0.25) is 4.90 Å². The predicted molar refractivity (Wildman–Crippen MR) is 62.6 cm³/mol. The molecule has 0 saturated heterocycles. The Balaban J connectivity index is 2.11. The number of halogens is 3. The van der Waals surface area contributed by atoms with Gasteiger partial charge < -0.3 is 14.8 Å². The van der Waals surface area contributed by atoms with Crippen molar-refractivity contribution in [3.05, 3.63) is 11.6 Å². The lowest BCUT2D eigenvalue weighted by molar-refractivity contribution is -0.148. The number of aromatic nitrogens is 3. The van der Waals surface area contributed by atoms with Crippen molar-refractivity contribution >= 4 is 0 Å². The van der Waals surface area contributed by atoms with Gasteiger partial charge in [0.2, 0.25) is 5.82 Å². The van der Waals surface area contributed by atoms with Gasteiger partial charge in [0.15, 0.2) is 0 Å².